The van der Waals surface area contributed by atoms with Gasteiger partial charge in [0.1, 0.15) is 5.75 Å². The Morgan fingerprint density at radius 1 is 1.24 bits per heavy atom. The SMILES string of the molecule is CCOCc1cc(C(=O)Nc2ccc3nc(C)sc3c2)ccc1OC. The van der Waals surface area contributed by atoms with Gasteiger partial charge in [0, 0.05) is 23.4 Å². The lowest BCUT2D eigenvalue weighted by atomic mass is 10.1. The number of rotatable bonds is 6. The van der Waals surface area contributed by atoms with Gasteiger partial charge in [0.15, 0.2) is 0 Å². The summed E-state index contributed by atoms with van der Waals surface area (Å²) in [4.78, 5) is 17.0. The number of hydrogen-bond acceptors (Lipinski definition) is 5. The molecule has 0 aliphatic rings. The van der Waals surface area contributed by atoms with E-state index in [2.05, 4.69) is 10.3 Å². The van der Waals surface area contributed by atoms with Crippen LogP contribution in [0.5, 0.6) is 5.75 Å². The van der Waals surface area contributed by atoms with E-state index in [1.54, 1.807) is 36.6 Å². The summed E-state index contributed by atoms with van der Waals surface area (Å²) < 4.78 is 11.8. The van der Waals surface area contributed by atoms with Gasteiger partial charge in [0.25, 0.3) is 5.91 Å². The van der Waals surface area contributed by atoms with Gasteiger partial charge in [-0.1, -0.05) is 0 Å². The van der Waals surface area contributed by atoms with Crippen LogP contribution in [0.4, 0.5) is 5.69 Å². The molecule has 0 spiro atoms. The first-order chi connectivity index (χ1) is 12.1. The molecule has 0 radical (unpaired) electrons. The summed E-state index contributed by atoms with van der Waals surface area (Å²) in [6, 6.07) is 11.1. The Morgan fingerprint density at radius 2 is 2.08 bits per heavy atom. The van der Waals surface area contributed by atoms with E-state index in [0.717, 1.165) is 26.5 Å². The van der Waals surface area contributed by atoms with Crippen molar-refractivity contribution in [1.82, 2.24) is 4.98 Å². The Kier molecular flexibility index (Phi) is 5.31. The van der Waals surface area contributed by atoms with E-state index in [1.807, 2.05) is 32.0 Å². The summed E-state index contributed by atoms with van der Waals surface area (Å²) in [6.07, 6.45) is 0. The molecule has 3 aromatic rings. The summed E-state index contributed by atoms with van der Waals surface area (Å²) in [6.45, 7) is 4.92. The Balaban J connectivity index is 1.81. The zero-order valence-corrected chi connectivity index (χ0v) is 15.3. The van der Waals surface area contributed by atoms with Crippen molar-refractivity contribution < 1.29 is 14.3 Å². The lowest BCUT2D eigenvalue weighted by Crippen LogP contribution is -2.12. The van der Waals surface area contributed by atoms with E-state index in [-0.39, 0.29) is 5.91 Å². The molecule has 1 heterocycles. The first-order valence-corrected chi connectivity index (χ1v) is 8.85. The number of nitrogens with one attached hydrogen (secondary N) is 1. The molecule has 0 fully saturated rings. The molecule has 1 amide bonds. The molecule has 6 heteroatoms. The quantitative estimate of drug-likeness (QED) is 0.711. The van der Waals surface area contributed by atoms with Crippen molar-refractivity contribution >= 4 is 33.1 Å². The van der Waals surface area contributed by atoms with Gasteiger partial charge in [-0.15, -0.1) is 11.3 Å². The number of benzene rings is 2. The number of anilines is 1. The number of thiazole rings is 1. The first kappa shape index (κ1) is 17.4. The van der Waals surface area contributed by atoms with E-state index in [1.165, 1.54) is 0 Å². The molecule has 0 unspecified atom stereocenters. The number of carbonyl (C=O) groups is 1. The minimum atomic E-state index is -0.166. The fourth-order valence-corrected chi connectivity index (χ4v) is 3.43. The highest BCUT2D eigenvalue weighted by Gasteiger charge is 2.11. The predicted molar refractivity (Wildman–Crippen MR) is 101 cm³/mol. The number of amides is 1. The van der Waals surface area contributed by atoms with E-state index >= 15 is 0 Å². The van der Waals surface area contributed by atoms with Crippen molar-refractivity contribution in [3.8, 4) is 5.75 Å². The highest BCUT2D eigenvalue weighted by atomic mass is 32.1. The molecule has 1 aromatic heterocycles. The van der Waals surface area contributed by atoms with E-state index in [0.29, 0.717) is 24.5 Å². The highest BCUT2D eigenvalue weighted by molar-refractivity contribution is 7.18. The molecule has 5 nitrogen and oxygen atoms in total. The van der Waals surface area contributed by atoms with Crippen LogP contribution < -0.4 is 10.1 Å². The first-order valence-electron chi connectivity index (χ1n) is 8.04. The van der Waals surface area contributed by atoms with Crippen molar-refractivity contribution in [2.45, 2.75) is 20.5 Å². The normalized spacial score (nSPS) is 10.8. The number of hydrogen-bond donors (Lipinski definition) is 1. The van der Waals surface area contributed by atoms with Gasteiger partial charge < -0.3 is 14.8 Å². The van der Waals surface area contributed by atoms with Crippen LogP contribution in [-0.2, 0) is 11.3 Å². The molecule has 0 aliphatic carbocycles. The molecule has 0 aliphatic heterocycles. The third kappa shape index (κ3) is 3.97. The molecule has 0 atom stereocenters. The number of fused-ring (bicyclic) bond motifs is 1. The second-order valence-electron chi connectivity index (χ2n) is 5.53. The number of methoxy groups -OCH3 is 1. The molecule has 3 rings (SSSR count). The van der Waals surface area contributed by atoms with Crippen LogP contribution in [0.2, 0.25) is 0 Å². The Hall–Kier alpha value is -2.44. The Morgan fingerprint density at radius 3 is 2.84 bits per heavy atom. The summed E-state index contributed by atoms with van der Waals surface area (Å²) in [7, 11) is 1.61. The number of carbonyl (C=O) groups excluding carboxylic acids is 1. The number of ether oxygens (including phenoxy) is 2. The van der Waals surface area contributed by atoms with Gasteiger partial charge in [-0.25, -0.2) is 4.98 Å². The zero-order valence-electron chi connectivity index (χ0n) is 14.5. The van der Waals surface area contributed by atoms with Crippen LogP contribution in [0.3, 0.4) is 0 Å². The maximum atomic E-state index is 12.6. The largest absolute Gasteiger partial charge is 0.496 e. The molecule has 0 saturated heterocycles. The van der Waals surface area contributed by atoms with Gasteiger partial charge in [-0.2, -0.15) is 0 Å². The van der Waals surface area contributed by atoms with Crippen LogP contribution in [-0.4, -0.2) is 24.6 Å². The van der Waals surface area contributed by atoms with Gasteiger partial charge in [0.2, 0.25) is 0 Å². The molecular formula is C19H20N2O3S. The molecule has 2 aromatic carbocycles. The zero-order chi connectivity index (χ0) is 17.8. The molecule has 0 saturated carbocycles. The Bertz CT molecular complexity index is 905. The topological polar surface area (TPSA) is 60.5 Å². The van der Waals surface area contributed by atoms with Crippen LogP contribution >= 0.6 is 11.3 Å². The smallest absolute Gasteiger partial charge is 0.255 e. The van der Waals surface area contributed by atoms with E-state index in [9.17, 15) is 4.79 Å². The monoisotopic (exact) mass is 356 g/mol. The summed E-state index contributed by atoms with van der Waals surface area (Å²) >= 11 is 1.61. The molecule has 0 bridgehead atoms. The minimum Gasteiger partial charge on any atom is -0.496 e. The van der Waals surface area contributed by atoms with Crippen LogP contribution in [0, 0.1) is 6.92 Å². The number of aromatic nitrogens is 1. The fraction of sp³-hybridized carbons (Fsp3) is 0.263. The van der Waals surface area contributed by atoms with Crippen LogP contribution in [0.1, 0.15) is 27.9 Å². The summed E-state index contributed by atoms with van der Waals surface area (Å²) in [5.41, 5.74) is 3.12. The fourth-order valence-electron chi connectivity index (χ4n) is 2.57. The van der Waals surface area contributed by atoms with E-state index < -0.39 is 0 Å². The maximum absolute atomic E-state index is 12.6. The minimum absolute atomic E-state index is 0.166. The standard InChI is InChI=1S/C19H20N2O3S/c1-4-24-11-14-9-13(5-8-17(14)23-3)19(22)21-15-6-7-16-18(10-15)25-12(2)20-16/h5-10H,4,11H2,1-3H3,(H,21,22). The van der Waals surface area contributed by atoms with Crippen molar-refractivity contribution in [1.29, 1.82) is 0 Å². The lowest BCUT2D eigenvalue weighted by molar-refractivity contribution is 0.102. The van der Waals surface area contributed by atoms with Gasteiger partial charge in [0.05, 0.1) is 28.9 Å². The molecule has 1 N–H and O–H groups in total. The number of nitrogens with zero attached hydrogens (tertiary/aromatic N) is 1. The molecular weight excluding hydrogens is 336 g/mol. The van der Waals surface area contributed by atoms with Gasteiger partial charge in [-0.05, 0) is 50.2 Å². The average Bonchev–Trinajstić information content (AvgIpc) is 2.98. The van der Waals surface area contributed by atoms with Crippen molar-refractivity contribution in [2.75, 3.05) is 19.0 Å². The Labute approximate surface area is 150 Å². The van der Waals surface area contributed by atoms with Gasteiger partial charge >= 0.3 is 0 Å². The average molecular weight is 356 g/mol. The van der Waals surface area contributed by atoms with Crippen molar-refractivity contribution in [2.24, 2.45) is 0 Å². The molecule has 130 valence electrons. The third-order valence-corrected chi connectivity index (χ3v) is 4.69. The lowest BCUT2D eigenvalue weighted by Gasteiger charge is -2.11. The highest BCUT2D eigenvalue weighted by Crippen LogP contribution is 2.26. The second kappa shape index (κ2) is 7.63. The third-order valence-electron chi connectivity index (χ3n) is 3.76. The molecule has 25 heavy (non-hydrogen) atoms. The van der Waals surface area contributed by atoms with Crippen LogP contribution in [0.25, 0.3) is 10.2 Å². The second-order valence-corrected chi connectivity index (χ2v) is 6.77. The van der Waals surface area contributed by atoms with Gasteiger partial charge in [-0.3, -0.25) is 4.79 Å². The van der Waals surface area contributed by atoms with E-state index in [4.69, 9.17) is 9.47 Å². The summed E-state index contributed by atoms with van der Waals surface area (Å²) in [5.74, 6) is 0.549. The van der Waals surface area contributed by atoms with Crippen LogP contribution in [0.15, 0.2) is 36.4 Å². The maximum Gasteiger partial charge on any atom is 0.255 e. The summed E-state index contributed by atoms with van der Waals surface area (Å²) in [5, 5.41) is 3.95. The number of aryl methyl sites for hydroxylation is 1. The van der Waals surface area contributed by atoms with Crippen molar-refractivity contribution in [3.63, 3.8) is 0 Å². The predicted octanol–water partition coefficient (Wildman–Crippen LogP) is 4.40. The van der Waals surface area contributed by atoms with Crippen molar-refractivity contribution in [3.05, 3.63) is 52.5 Å².